The average Bonchev–Trinajstić information content (AvgIpc) is 2.83. The monoisotopic (exact) mass is 404 g/mol. The van der Waals surface area contributed by atoms with Crippen LogP contribution in [0.1, 0.15) is 35.6 Å². The van der Waals surface area contributed by atoms with Crippen LogP contribution in [0.5, 0.6) is 0 Å². The van der Waals surface area contributed by atoms with E-state index in [9.17, 15) is 4.39 Å². The van der Waals surface area contributed by atoms with Gasteiger partial charge in [-0.1, -0.05) is 85.5 Å². The minimum atomic E-state index is -0.249. The first-order valence-electron chi connectivity index (χ1n) is 10.7. The molecule has 152 valence electrons. The number of rotatable bonds is 5. The van der Waals surface area contributed by atoms with Crippen LogP contribution in [0.25, 0.3) is 21.9 Å². The van der Waals surface area contributed by atoms with Crippen molar-refractivity contribution in [2.45, 2.75) is 26.2 Å². The van der Waals surface area contributed by atoms with Crippen LogP contribution in [0.3, 0.4) is 0 Å². The Labute approximate surface area is 184 Å². The number of aryl methyl sites for hydroxylation is 2. The van der Waals surface area contributed by atoms with Gasteiger partial charge in [0.05, 0.1) is 5.56 Å². The zero-order valence-corrected chi connectivity index (χ0v) is 17.8. The molecule has 0 saturated carbocycles. The molecule has 4 rings (SSSR count). The number of hydrogen-bond donors (Lipinski definition) is 0. The van der Waals surface area contributed by atoms with Gasteiger partial charge in [-0.3, -0.25) is 0 Å². The van der Waals surface area contributed by atoms with E-state index >= 15 is 0 Å². The lowest BCUT2D eigenvalue weighted by Crippen LogP contribution is -1.88. The van der Waals surface area contributed by atoms with Gasteiger partial charge < -0.3 is 0 Å². The van der Waals surface area contributed by atoms with Gasteiger partial charge in [0.2, 0.25) is 0 Å². The Hall–Kier alpha value is -3.63. The van der Waals surface area contributed by atoms with Crippen molar-refractivity contribution in [1.82, 2.24) is 0 Å². The molecule has 0 radical (unpaired) electrons. The third kappa shape index (κ3) is 4.76. The first kappa shape index (κ1) is 20.6. The van der Waals surface area contributed by atoms with Crippen LogP contribution >= 0.6 is 0 Å². The average molecular weight is 405 g/mol. The number of allylic oxidation sites excluding steroid dienone is 1. The molecule has 0 aliphatic rings. The molecule has 4 aromatic carbocycles. The summed E-state index contributed by atoms with van der Waals surface area (Å²) in [4.78, 5) is 0. The molecule has 31 heavy (non-hydrogen) atoms. The van der Waals surface area contributed by atoms with Crippen LogP contribution in [-0.2, 0) is 12.8 Å². The predicted octanol–water partition coefficient (Wildman–Crippen LogP) is 7.73. The van der Waals surface area contributed by atoms with Crippen LogP contribution in [-0.4, -0.2) is 0 Å². The Balaban J connectivity index is 1.53. The van der Waals surface area contributed by atoms with Gasteiger partial charge in [-0.05, 0) is 65.1 Å². The van der Waals surface area contributed by atoms with E-state index in [0.29, 0.717) is 10.9 Å². The van der Waals surface area contributed by atoms with E-state index in [4.69, 9.17) is 0 Å². The standard InChI is InChI=1S/C30H25F/c1-3-5-6-23-7-13-25(14-8-23)26-15-9-24(10-16-26)11-17-27-18-19-28-21-22(4-2)12-20-29(28)30(27)31/h3,7-10,12-16,18-21H,1,4-6H2,2H3. The van der Waals surface area contributed by atoms with Gasteiger partial charge in [-0.25, -0.2) is 4.39 Å². The highest BCUT2D eigenvalue weighted by molar-refractivity contribution is 5.85. The Kier molecular flexibility index (Phi) is 6.29. The summed E-state index contributed by atoms with van der Waals surface area (Å²) < 4.78 is 14.9. The quantitative estimate of drug-likeness (QED) is 0.236. The van der Waals surface area contributed by atoms with Gasteiger partial charge in [0.25, 0.3) is 0 Å². The van der Waals surface area contributed by atoms with Gasteiger partial charge in [0.1, 0.15) is 5.82 Å². The third-order valence-corrected chi connectivity index (χ3v) is 5.58. The second-order valence-electron chi connectivity index (χ2n) is 7.69. The van der Waals surface area contributed by atoms with Crippen molar-refractivity contribution >= 4 is 10.8 Å². The van der Waals surface area contributed by atoms with E-state index in [1.165, 1.54) is 16.7 Å². The van der Waals surface area contributed by atoms with Gasteiger partial charge in [-0.2, -0.15) is 0 Å². The molecule has 4 aromatic rings. The van der Waals surface area contributed by atoms with Crippen molar-refractivity contribution in [2.75, 3.05) is 0 Å². The van der Waals surface area contributed by atoms with E-state index in [2.05, 4.69) is 61.7 Å². The molecule has 0 unspecified atom stereocenters. The molecule has 0 aromatic heterocycles. The SMILES string of the molecule is C=CCCc1ccc(-c2ccc(C#Cc3ccc4cc(CC)ccc4c3F)cc2)cc1. The highest BCUT2D eigenvalue weighted by Crippen LogP contribution is 2.23. The summed E-state index contributed by atoms with van der Waals surface area (Å²) in [5.74, 6) is 5.85. The van der Waals surface area contributed by atoms with E-state index in [0.717, 1.165) is 35.8 Å². The Morgan fingerprint density at radius 3 is 2.16 bits per heavy atom. The lowest BCUT2D eigenvalue weighted by atomic mass is 10.0. The van der Waals surface area contributed by atoms with Crippen molar-refractivity contribution in [3.05, 3.63) is 120 Å². The fraction of sp³-hybridized carbons (Fsp3) is 0.133. The lowest BCUT2D eigenvalue weighted by molar-refractivity contribution is 0.636. The summed E-state index contributed by atoms with van der Waals surface area (Å²) in [6.07, 6.45) is 4.89. The third-order valence-electron chi connectivity index (χ3n) is 5.58. The second-order valence-corrected chi connectivity index (χ2v) is 7.69. The minimum absolute atomic E-state index is 0.249. The largest absolute Gasteiger partial charge is 0.205 e. The van der Waals surface area contributed by atoms with Crippen LogP contribution in [0.2, 0.25) is 0 Å². The van der Waals surface area contributed by atoms with Gasteiger partial charge >= 0.3 is 0 Å². The molecule has 0 nitrogen and oxygen atoms in total. The van der Waals surface area contributed by atoms with Gasteiger partial charge in [0, 0.05) is 10.9 Å². The summed E-state index contributed by atoms with van der Waals surface area (Å²) >= 11 is 0. The zero-order valence-electron chi connectivity index (χ0n) is 17.8. The molecule has 0 heterocycles. The highest BCUT2D eigenvalue weighted by atomic mass is 19.1. The molecule has 1 heteroatoms. The second kappa shape index (κ2) is 9.45. The molecule has 0 saturated heterocycles. The highest BCUT2D eigenvalue weighted by Gasteiger charge is 2.06. The Morgan fingerprint density at radius 2 is 1.48 bits per heavy atom. The molecule has 0 atom stereocenters. The summed E-state index contributed by atoms with van der Waals surface area (Å²) in [7, 11) is 0. The Bertz CT molecular complexity index is 1270. The number of halogens is 1. The van der Waals surface area contributed by atoms with Crippen molar-refractivity contribution in [1.29, 1.82) is 0 Å². The normalized spacial score (nSPS) is 10.5. The van der Waals surface area contributed by atoms with Crippen LogP contribution in [0, 0.1) is 17.7 Å². The number of hydrogen-bond acceptors (Lipinski definition) is 0. The van der Waals surface area contributed by atoms with Crippen molar-refractivity contribution < 1.29 is 4.39 Å². The summed E-state index contributed by atoms with van der Waals surface area (Å²) in [5.41, 5.74) is 6.13. The van der Waals surface area contributed by atoms with Gasteiger partial charge in [-0.15, -0.1) is 6.58 Å². The summed E-state index contributed by atoms with van der Waals surface area (Å²) in [5, 5.41) is 1.54. The molecule has 0 spiro atoms. The Morgan fingerprint density at radius 1 is 0.806 bits per heavy atom. The lowest BCUT2D eigenvalue weighted by Gasteiger charge is -2.05. The number of benzene rings is 4. The van der Waals surface area contributed by atoms with E-state index < -0.39 is 0 Å². The van der Waals surface area contributed by atoms with Crippen molar-refractivity contribution in [3.8, 4) is 23.0 Å². The molecule has 0 aliphatic carbocycles. The first-order chi connectivity index (χ1) is 15.2. The van der Waals surface area contributed by atoms with Crippen LogP contribution in [0.4, 0.5) is 4.39 Å². The van der Waals surface area contributed by atoms with Crippen LogP contribution in [0.15, 0.2) is 91.5 Å². The summed E-state index contributed by atoms with van der Waals surface area (Å²) in [6.45, 7) is 5.88. The zero-order chi connectivity index (χ0) is 21.6. The molecule has 0 fully saturated rings. The molecule has 0 N–H and O–H groups in total. The topological polar surface area (TPSA) is 0 Å². The molecule has 0 amide bonds. The smallest absolute Gasteiger partial charge is 0.146 e. The maximum Gasteiger partial charge on any atom is 0.146 e. The maximum absolute atomic E-state index is 14.9. The fourth-order valence-corrected chi connectivity index (χ4v) is 3.68. The van der Waals surface area contributed by atoms with E-state index in [-0.39, 0.29) is 5.82 Å². The van der Waals surface area contributed by atoms with E-state index in [1.807, 2.05) is 42.5 Å². The molecule has 0 aliphatic heterocycles. The summed E-state index contributed by atoms with van der Waals surface area (Å²) in [6, 6.07) is 26.3. The minimum Gasteiger partial charge on any atom is -0.205 e. The van der Waals surface area contributed by atoms with Gasteiger partial charge in [0.15, 0.2) is 0 Å². The predicted molar refractivity (Wildman–Crippen MR) is 130 cm³/mol. The van der Waals surface area contributed by atoms with Crippen LogP contribution < -0.4 is 0 Å². The molecule has 0 bridgehead atoms. The maximum atomic E-state index is 14.9. The van der Waals surface area contributed by atoms with Crippen molar-refractivity contribution in [2.24, 2.45) is 0 Å². The molecular weight excluding hydrogens is 379 g/mol. The van der Waals surface area contributed by atoms with Crippen molar-refractivity contribution in [3.63, 3.8) is 0 Å². The molecular formula is C30H25F. The fourth-order valence-electron chi connectivity index (χ4n) is 3.68. The van der Waals surface area contributed by atoms with E-state index in [1.54, 1.807) is 6.07 Å². The number of fused-ring (bicyclic) bond motifs is 1. The first-order valence-corrected chi connectivity index (χ1v) is 10.7.